The van der Waals surface area contributed by atoms with E-state index in [0.717, 1.165) is 16.7 Å². The number of rotatable bonds is 1. The Kier molecular flexibility index (Phi) is 4.13. The lowest BCUT2D eigenvalue weighted by Crippen LogP contribution is -1.87. The van der Waals surface area contributed by atoms with Crippen LogP contribution in [0.15, 0.2) is 66.9 Å². The van der Waals surface area contributed by atoms with E-state index in [-0.39, 0.29) is 5.82 Å². The summed E-state index contributed by atoms with van der Waals surface area (Å²) < 4.78 is 13.0. The molecule has 2 nitrogen and oxygen atoms in total. The van der Waals surface area contributed by atoms with Crippen molar-refractivity contribution in [1.82, 2.24) is 4.98 Å². The molecule has 0 N–H and O–H groups in total. The van der Waals surface area contributed by atoms with Crippen molar-refractivity contribution in [1.29, 1.82) is 5.26 Å². The van der Waals surface area contributed by atoms with E-state index in [1.807, 2.05) is 30.3 Å². The maximum absolute atomic E-state index is 13.0. The number of pyridine rings is 1. The van der Waals surface area contributed by atoms with Gasteiger partial charge in [0.2, 0.25) is 0 Å². The molecule has 0 atom stereocenters. The van der Waals surface area contributed by atoms with Crippen LogP contribution in [0.3, 0.4) is 0 Å². The minimum atomic E-state index is -0.301. The van der Waals surface area contributed by atoms with Crippen LogP contribution in [0, 0.1) is 29.0 Å². The summed E-state index contributed by atoms with van der Waals surface area (Å²) in [5, 5.41) is 9.36. The highest BCUT2D eigenvalue weighted by atomic mass is 19.1. The fourth-order valence-electron chi connectivity index (χ4n) is 2.17. The Balaban J connectivity index is 1.96. The number of hydrogen-bond acceptors (Lipinski definition) is 2. The maximum Gasteiger partial charge on any atom is 0.123 e. The molecule has 3 rings (SSSR count). The van der Waals surface area contributed by atoms with Crippen LogP contribution < -0.4 is 0 Å². The summed E-state index contributed by atoms with van der Waals surface area (Å²) in [5.74, 6) is 5.66. The zero-order chi connectivity index (χ0) is 16.1. The first-order valence-electron chi connectivity index (χ1n) is 6.99. The third-order valence-electron chi connectivity index (χ3n) is 3.30. The highest BCUT2D eigenvalue weighted by molar-refractivity contribution is 5.71. The van der Waals surface area contributed by atoms with E-state index in [4.69, 9.17) is 0 Å². The quantitative estimate of drug-likeness (QED) is 0.633. The number of hydrogen-bond donors (Lipinski definition) is 0. The fourth-order valence-corrected chi connectivity index (χ4v) is 2.17. The standard InChI is InChI=1S/C20H11FN2/c21-18-8-6-16(7-9-18)20-11-5-15(13-17(20)14-22)4-10-19-3-1-2-12-23-19/h1-3,5-9,11-13H. The van der Waals surface area contributed by atoms with Crippen molar-refractivity contribution in [2.45, 2.75) is 0 Å². The molecule has 0 radical (unpaired) electrons. The molecule has 0 unspecified atom stereocenters. The van der Waals surface area contributed by atoms with Crippen LogP contribution in [0.1, 0.15) is 16.8 Å². The molecule has 3 aromatic rings. The summed E-state index contributed by atoms with van der Waals surface area (Å²) in [6, 6.07) is 19.2. The molecule has 0 aliphatic carbocycles. The molecule has 0 spiro atoms. The van der Waals surface area contributed by atoms with Crippen molar-refractivity contribution in [3.05, 3.63) is 89.5 Å². The largest absolute Gasteiger partial charge is 0.248 e. The molecule has 0 fully saturated rings. The van der Waals surface area contributed by atoms with Gasteiger partial charge in [-0.2, -0.15) is 5.26 Å². The van der Waals surface area contributed by atoms with Crippen molar-refractivity contribution in [3.8, 4) is 29.0 Å². The summed E-state index contributed by atoms with van der Waals surface area (Å²) in [4.78, 5) is 4.14. The average Bonchev–Trinajstić information content (AvgIpc) is 2.61. The van der Waals surface area contributed by atoms with Gasteiger partial charge in [-0.1, -0.05) is 30.2 Å². The van der Waals surface area contributed by atoms with Crippen LogP contribution in [0.25, 0.3) is 11.1 Å². The summed E-state index contributed by atoms with van der Waals surface area (Å²) >= 11 is 0. The SMILES string of the molecule is N#Cc1cc(C#Cc2ccccn2)ccc1-c1ccc(F)cc1. The van der Waals surface area contributed by atoms with Gasteiger partial charge in [0.15, 0.2) is 0 Å². The average molecular weight is 298 g/mol. The van der Waals surface area contributed by atoms with Gasteiger partial charge in [-0.3, -0.25) is 0 Å². The van der Waals surface area contributed by atoms with Gasteiger partial charge in [-0.25, -0.2) is 9.37 Å². The predicted octanol–water partition coefficient (Wildman–Crippen LogP) is 4.16. The van der Waals surface area contributed by atoms with Crippen molar-refractivity contribution < 1.29 is 4.39 Å². The van der Waals surface area contributed by atoms with Crippen LogP contribution in [0.2, 0.25) is 0 Å². The third kappa shape index (κ3) is 3.43. The smallest absolute Gasteiger partial charge is 0.123 e. The third-order valence-corrected chi connectivity index (χ3v) is 3.30. The normalized spacial score (nSPS) is 9.57. The molecule has 0 aliphatic heterocycles. The van der Waals surface area contributed by atoms with E-state index in [0.29, 0.717) is 11.3 Å². The van der Waals surface area contributed by atoms with Gasteiger partial charge < -0.3 is 0 Å². The van der Waals surface area contributed by atoms with Gasteiger partial charge >= 0.3 is 0 Å². The fraction of sp³-hybridized carbons (Fsp3) is 0. The van der Waals surface area contributed by atoms with E-state index in [1.54, 1.807) is 24.4 Å². The Morgan fingerprint density at radius 1 is 0.913 bits per heavy atom. The lowest BCUT2D eigenvalue weighted by Gasteiger charge is -2.04. The first-order chi connectivity index (χ1) is 11.3. The van der Waals surface area contributed by atoms with E-state index in [2.05, 4.69) is 22.9 Å². The van der Waals surface area contributed by atoms with Crippen LogP contribution in [-0.4, -0.2) is 4.98 Å². The van der Waals surface area contributed by atoms with E-state index in [1.165, 1.54) is 12.1 Å². The topological polar surface area (TPSA) is 36.7 Å². The molecule has 23 heavy (non-hydrogen) atoms. The van der Waals surface area contributed by atoms with Crippen molar-refractivity contribution in [3.63, 3.8) is 0 Å². The lowest BCUT2D eigenvalue weighted by atomic mass is 9.98. The summed E-state index contributed by atoms with van der Waals surface area (Å²) in [6.45, 7) is 0. The number of halogens is 1. The highest BCUT2D eigenvalue weighted by Crippen LogP contribution is 2.24. The molecular formula is C20H11FN2. The molecular weight excluding hydrogens is 287 g/mol. The second-order valence-corrected chi connectivity index (χ2v) is 4.84. The first-order valence-corrected chi connectivity index (χ1v) is 6.99. The molecule has 0 aliphatic rings. The number of nitrogens with zero attached hydrogens (tertiary/aromatic N) is 2. The van der Waals surface area contributed by atoms with Gasteiger partial charge in [0.25, 0.3) is 0 Å². The van der Waals surface area contributed by atoms with Crippen molar-refractivity contribution in [2.75, 3.05) is 0 Å². The Morgan fingerprint density at radius 2 is 1.74 bits per heavy atom. The molecule has 108 valence electrons. The lowest BCUT2D eigenvalue weighted by molar-refractivity contribution is 0.628. The second-order valence-electron chi connectivity index (χ2n) is 4.84. The number of aromatic nitrogens is 1. The van der Waals surface area contributed by atoms with Crippen molar-refractivity contribution in [2.24, 2.45) is 0 Å². The van der Waals surface area contributed by atoms with E-state index in [9.17, 15) is 9.65 Å². The second kappa shape index (κ2) is 6.56. The predicted molar refractivity (Wildman–Crippen MR) is 86.8 cm³/mol. The molecule has 0 saturated heterocycles. The first kappa shape index (κ1) is 14.5. The molecule has 1 heterocycles. The zero-order valence-electron chi connectivity index (χ0n) is 12.1. The summed E-state index contributed by atoms with van der Waals surface area (Å²) in [5.41, 5.74) is 3.47. The summed E-state index contributed by atoms with van der Waals surface area (Å²) in [6.07, 6.45) is 1.68. The monoisotopic (exact) mass is 298 g/mol. The molecule has 1 aromatic heterocycles. The Bertz CT molecular complexity index is 927. The number of benzene rings is 2. The van der Waals surface area contributed by atoms with Gasteiger partial charge in [0, 0.05) is 11.8 Å². The zero-order valence-corrected chi connectivity index (χ0v) is 12.1. The Morgan fingerprint density at radius 3 is 2.43 bits per heavy atom. The number of nitriles is 1. The molecule has 0 bridgehead atoms. The molecule has 0 amide bonds. The van der Waals surface area contributed by atoms with Crippen LogP contribution in [-0.2, 0) is 0 Å². The van der Waals surface area contributed by atoms with E-state index < -0.39 is 0 Å². The van der Waals surface area contributed by atoms with Crippen LogP contribution in [0.5, 0.6) is 0 Å². The Labute approximate surface area is 133 Å². The molecule has 2 aromatic carbocycles. The van der Waals surface area contributed by atoms with E-state index >= 15 is 0 Å². The van der Waals surface area contributed by atoms with Crippen LogP contribution >= 0.6 is 0 Å². The highest BCUT2D eigenvalue weighted by Gasteiger charge is 2.05. The van der Waals surface area contributed by atoms with Gasteiger partial charge in [0.05, 0.1) is 11.6 Å². The van der Waals surface area contributed by atoms with Crippen LogP contribution in [0.4, 0.5) is 4.39 Å². The minimum absolute atomic E-state index is 0.301. The maximum atomic E-state index is 13.0. The summed E-state index contributed by atoms with van der Waals surface area (Å²) in [7, 11) is 0. The van der Waals surface area contributed by atoms with Gasteiger partial charge in [0.1, 0.15) is 11.5 Å². The van der Waals surface area contributed by atoms with Crippen molar-refractivity contribution >= 4 is 0 Å². The molecule has 3 heteroatoms. The van der Waals surface area contributed by atoms with Gasteiger partial charge in [-0.15, -0.1) is 0 Å². The van der Waals surface area contributed by atoms with Gasteiger partial charge in [-0.05, 0) is 53.4 Å². The Hall–Kier alpha value is -3.43. The minimum Gasteiger partial charge on any atom is -0.248 e. The molecule has 0 saturated carbocycles.